The minimum atomic E-state index is -0.469. The number of anilines is 1. The average Bonchev–Trinajstić information content (AvgIpc) is 2.55. The van der Waals surface area contributed by atoms with E-state index in [1.807, 2.05) is 13.8 Å². The molecule has 2 aromatic rings. The summed E-state index contributed by atoms with van der Waals surface area (Å²) in [6.45, 7) is 4.05. The number of nitrogens with one attached hydrogen (secondary N) is 3. The number of hydrogen-bond donors (Lipinski definition) is 3. The summed E-state index contributed by atoms with van der Waals surface area (Å²) in [5.41, 5.74) is 1.75. The number of amides is 3. The summed E-state index contributed by atoms with van der Waals surface area (Å²) >= 11 is 3.23. The van der Waals surface area contributed by atoms with Crippen molar-refractivity contribution in [2.45, 2.75) is 26.4 Å². The van der Waals surface area contributed by atoms with E-state index in [1.54, 1.807) is 24.3 Å². The van der Waals surface area contributed by atoms with Crippen molar-refractivity contribution >= 4 is 33.6 Å². The van der Waals surface area contributed by atoms with Crippen molar-refractivity contribution in [1.29, 1.82) is 0 Å². The lowest BCUT2D eigenvalue weighted by atomic mass is 10.1. The molecular weight excluding hydrogens is 389 g/mol. The highest BCUT2D eigenvalue weighted by Crippen LogP contribution is 2.18. The van der Waals surface area contributed by atoms with Crippen LogP contribution in [0.3, 0.4) is 0 Å². The molecule has 25 heavy (non-hydrogen) atoms. The lowest BCUT2D eigenvalue weighted by molar-refractivity contribution is 0.0949. The van der Waals surface area contributed by atoms with Gasteiger partial charge in [0.1, 0.15) is 5.82 Å². The van der Waals surface area contributed by atoms with Gasteiger partial charge in [0.15, 0.2) is 0 Å². The maximum atomic E-state index is 13.3. The SMILES string of the molecule is CC(C)NC(=O)Nc1ccc(CNC(=O)c2cc(F)ccc2Br)cc1. The summed E-state index contributed by atoms with van der Waals surface area (Å²) in [7, 11) is 0. The number of halogens is 2. The van der Waals surface area contributed by atoms with Crippen LogP contribution >= 0.6 is 15.9 Å². The Bertz CT molecular complexity index is 763. The second-order valence-corrected chi connectivity index (χ2v) is 6.61. The van der Waals surface area contributed by atoms with Gasteiger partial charge in [-0.3, -0.25) is 4.79 Å². The van der Waals surface area contributed by atoms with Crippen LogP contribution in [0.5, 0.6) is 0 Å². The summed E-state index contributed by atoms with van der Waals surface area (Å²) in [4.78, 5) is 23.8. The zero-order valence-corrected chi connectivity index (χ0v) is 15.5. The number of carbonyl (C=O) groups excluding carboxylic acids is 2. The van der Waals surface area contributed by atoms with Crippen molar-refractivity contribution < 1.29 is 14.0 Å². The van der Waals surface area contributed by atoms with Crippen LogP contribution in [0, 0.1) is 5.82 Å². The maximum absolute atomic E-state index is 13.3. The molecule has 0 saturated heterocycles. The molecule has 0 heterocycles. The van der Waals surface area contributed by atoms with Crippen molar-refractivity contribution in [3.8, 4) is 0 Å². The Hall–Kier alpha value is -2.41. The number of hydrogen-bond acceptors (Lipinski definition) is 2. The zero-order chi connectivity index (χ0) is 18.4. The number of benzene rings is 2. The van der Waals surface area contributed by atoms with Gasteiger partial charge in [0.2, 0.25) is 0 Å². The van der Waals surface area contributed by atoms with Gasteiger partial charge in [-0.05, 0) is 65.7 Å². The highest BCUT2D eigenvalue weighted by atomic mass is 79.9. The van der Waals surface area contributed by atoms with Crippen molar-refractivity contribution in [3.05, 3.63) is 63.9 Å². The van der Waals surface area contributed by atoms with Gasteiger partial charge in [0.05, 0.1) is 5.56 Å². The standard InChI is InChI=1S/C18H19BrFN3O2/c1-11(2)22-18(25)23-14-6-3-12(4-7-14)10-21-17(24)15-9-13(20)5-8-16(15)19/h3-9,11H,10H2,1-2H3,(H,21,24)(H2,22,23,25). The minimum absolute atomic E-state index is 0.0524. The van der Waals surface area contributed by atoms with Gasteiger partial charge in [-0.25, -0.2) is 9.18 Å². The minimum Gasteiger partial charge on any atom is -0.348 e. The number of rotatable bonds is 5. The molecule has 0 atom stereocenters. The highest BCUT2D eigenvalue weighted by molar-refractivity contribution is 9.10. The molecule has 0 radical (unpaired) electrons. The lowest BCUT2D eigenvalue weighted by Crippen LogP contribution is -2.34. The molecule has 0 saturated carbocycles. The van der Waals surface area contributed by atoms with Crippen LogP contribution in [0.15, 0.2) is 46.9 Å². The van der Waals surface area contributed by atoms with Crippen LogP contribution in [-0.4, -0.2) is 18.0 Å². The summed E-state index contributed by atoms with van der Waals surface area (Å²) in [5, 5.41) is 8.19. The van der Waals surface area contributed by atoms with Gasteiger partial charge < -0.3 is 16.0 Å². The molecule has 3 amide bonds. The van der Waals surface area contributed by atoms with E-state index in [4.69, 9.17) is 0 Å². The molecule has 5 nitrogen and oxygen atoms in total. The number of carbonyl (C=O) groups is 2. The van der Waals surface area contributed by atoms with E-state index in [0.717, 1.165) is 5.56 Å². The maximum Gasteiger partial charge on any atom is 0.319 e. The smallest absolute Gasteiger partial charge is 0.319 e. The molecule has 0 fully saturated rings. The Morgan fingerprint density at radius 1 is 1.12 bits per heavy atom. The first-order valence-corrected chi connectivity index (χ1v) is 8.54. The van der Waals surface area contributed by atoms with Crippen LogP contribution in [0.4, 0.5) is 14.9 Å². The van der Waals surface area contributed by atoms with E-state index >= 15 is 0 Å². The van der Waals surface area contributed by atoms with E-state index in [-0.39, 0.29) is 23.5 Å². The Kier molecular flexibility index (Phi) is 6.52. The molecule has 0 bridgehead atoms. The van der Waals surface area contributed by atoms with Crippen molar-refractivity contribution in [2.75, 3.05) is 5.32 Å². The third-order valence-corrected chi connectivity index (χ3v) is 3.95. The second-order valence-electron chi connectivity index (χ2n) is 5.76. The molecule has 3 N–H and O–H groups in total. The molecule has 0 spiro atoms. The quantitative estimate of drug-likeness (QED) is 0.699. The Labute approximate surface area is 154 Å². The Morgan fingerprint density at radius 3 is 2.44 bits per heavy atom. The Morgan fingerprint density at radius 2 is 1.80 bits per heavy atom. The fourth-order valence-corrected chi connectivity index (χ4v) is 2.51. The molecular formula is C18H19BrFN3O2. The summed E-state index contributed by atoms with van der Waals surface area (Å²) in [6, 6.07) is 10.8. The molecule has 0 aliphatic carbocycles. The van der Waals surface area contributed by atoms with Crippen LogP contribution in [0.2, 0.25) is 0 Å². The van der Waals surface area contributed by atoms with E-state index in [9.17, 15) is 14.0 Å². The van der Waals surface area contributed by atoms with Gasteiger partial charge in [-0.15, -0.1) is 0 Å². The van der Waals surface area contributed by atoms with E-state index < -0.39 is 5.82 Å². The predicted molar refractivity (Wildman–Crippen MR) is 99.0 cm³/mol. The lowest BCUT2D eigenvalue weighted by Gasteiger charge is -2.11. The first kappa shape index (κ1) is 18.9. The van der Waals surface area contributed by atoms with Crippen LogP contribution in [0.25, 0.3) is 0 Å². The fraction of sp³-hybridized carbons (Fsp3) is 0.222. The predicted octanol–water partition coefficient (Wildman–Crippen LogP) is 4.05. The zero-order valence-electron chi connectivity index (χ0n) is 13.9. The number of urea groups is 1. The molecule has 2 rings (SSSR count). The summed E-state index contributed by atoms with van der Waals surface area (Å²) < 4.78 is 13.8. The largest absolute Gasteiger partial charge is 0.348 e. The van der Waals surface area contributed by atoms with Gasteiger partial charge >= 0.3 is 6.03 Å². The molecule has 7 heteroatoms. The normalized spacial score (nSPS) is 10.4. The van der Waals surface area contributed by atoms with Crippen molar-refractivity contribution in [3.63, 3.8) is 0 Å². The van der Waals surface area contributed by atoms with Crippen molar-refractivity contribution in [1.82, 2.24) is 10.6 Å². The van der Waals surface area contributed by atoms with E-state index in [0.29, 0.717) is 16.7 Å². The molecule has 0 aliphatic rings. The first-order valence-electron chi connectivity index (χ1n) is 7.75. The molecule has 0 aliphatic heterocycles. The van der Waals surface area contributed by atoms with Crippen molar-refractivity contribution in [2.24, 2.45) is 0 Å². The van der Waals surface area contributed by atoms with Crippen LogP contribution < -0.4 is 16.0 Å². The third kappa shape index (κ3) is 5.86. The molecule has 2 aromatic carbocycles. The first-order chi connectivity index (χ1) is 11.8. The van der Waals surface area contributed by atoms with E-state index in [2.05, 4.69) is 31.9 Å². The van der Waals surface area contributed by atoms with Gasteiger partial charge in [-0.1, -0.05) is 12.1 Å². The fourth-order valence-electron chi connectivity index (χ4n) is 2.08. The van der Waals surface area contributed by atoms with E-state index in [1.165, 1.54) is 18.2 Å². The van der Waals surface area contributed by atoms with Crippen LogP contribution in [-0.2, 0) is 6.54 Å². The monoisotopic (exact) mass is 407 g/mol. The summed E-state index contributed by atoms with van der Waals surface area (Å²) in [5.74, 6) is -0.840. The average molecular weight is 408 g/mol. The third-order valence-electron chi connectivity index (χ3n) is 3.26. The molecule has 0 unspecified atom stereocenters. The summed E-state index contributed by atoms with van der Waals surface area (Å²) in [6.07, 6.45) is 0. The van der Waals surface area contributed by atoms with Gasteiger partial charge in [0, 0.05) is 22.7 Å². The molecule has 0 aromatic heterocycles. The topological polar surface area (TPSA) is 70.2 Å². The highest BCUT2D eigenvalue weighted by Gasteiger charge is 2.11. The molecule has 132 valence electrons. The van der Waals surface area contributed by atoms with Gasteiger partial charge in [0.25, 0.3) is 5.91 Å². The van der Waals surface area contributed by atoms with Crippen LogP contribution in [0.1, 0.15) is 29.8 Å². The second kappa shape index (κ2) is 8.62. The van der Waals surface area contributed by atoms with Gasteiger partial charge in [-0.2, -0.15) is 0 Å². The Balaban J connectivity index is 1.92.